The minimum Gasteiger partial charge on any atom is -0.349 e. The van der Waals surface area contributed by atoms with Crippen LogP contribution in [0.1, 0.15) is 24.0 Å². The maximum absolute atomic E-state index is 13.0. The van der Waals surface area contributed by atoms with Crippen molar-refractivity contribution in [1.82, 2.24) is 20.1 Å². The van der Waals surface area contributed by atoms with Crippen molar-refractivity contribution in [3.63, 3.8) is 0 Å². The molecule has 1 amide bonds. The summed E-state index contributed by atoms with van der Waals surface area (Å²) in [5, 5.41) is 6.69. The molecule has 4 rings (SSSR count). The van der Waals surface area contributed by atoms with Gasteiger partial charge in [0.05, 0.1) is 11.1 Å². The Bertz CT molecular complexity index is 983. The second-order valence-corrected chi connectivity index (χ2v) is 7.75. The molecule has 31 heavy (non-hydrogen) atoms. The van der Waals surface area contributed by atoms with Crippen molar-refractivity contribution in [3.8, 4) is 11.4 Å². The first-order valence-electron chi connectivity index (χ1n) is 9.37. The number of hydrogen-bond acceptors (Lipinski definition) is 4. The largest absolute Gasteiger partial charge is 0.416 e. The number of nitrogens with zero attached hydrogens (tertiary/aromatic N) is 3. The molecule has 1 heterocycles. The molecule has 0 bridgehead atoms. The van der Waals surface area contributed by atoms with Crippen LogP contribution in [-0.2, 0) is 17.1 Å². The number of amides is 1. The molecule has 1 aromatic carbocycles. The van der Waals surface area contributed by atoms with Gasteiger partial charge in [-0.25, -0.2) is 9.67 Å². The lowest BCUT2D eigenvalue weighted by atomic mass is 10.0. The molecule has 2 saturated carbocycles. The highest BCUT2D eigenvalue weighted by Gasteiger charge is 2.55. The summed E-state index contributed by atoms with van der Waals surface area (Å²) in [6.45, 7) is 0. The normalized spacial score (nSPS) is 25.6. The summed E-state index contributed by atoms with van der Waals surface area (Å²) in [6, 6.07) is 1.37. The number of hydrogen-bond donors (Lipinski definition) is 2. The van der Waals surface area contributed by atoms with Gasteiger partial charge in [-0.2, -0.15) is 26.3 Å². The van der Waals surface area contributed by atoms with E-state index < -0.39 is 29.0 Å². The van der Waals surface area contributed by atoms with Crippen LogP contribution in [0.25, 0.3) is 17.6 Å². The number of benzene rings is 1. The third-order valence-electron chi connectivity index (χ3n) is 5.52. The molecule has 2 aliphatic carbocycles. The molecule has 0 aliphatic heterocycles. The fraction of sp³-hybridized carbons (Fsp3) is 0.421. The van der Waals surface area contributed by atoms with Crippen LogP contribution in [0.5, 0.6) is 0 Å². The summed E-state index contributed by atoms with van der Waals surface area (Å²) in [5.74, 6) is 0.0407. The van der Waals surface area contributed by atoms with Gasteiger partial charge in [-0.15, -0.1) is 5.10 Å². The minimum atomic E-state index is -4.97. The lowest BCUT2D eigenvalue weighted by Gasteiger charge is -2.13. The van der Waals surface area contributed by atoms with Crippen LogP contribution in [0.3, 0.4) is 0 Å². The smallest absolute Gasteiger partial charge is 0.349 e. The number of nitrogens with two attached hydrogens (primary N) is 1. The van der Waals surface area contributed by atoms with E-state index in [0.717, 1.165) is 23.9 Å². The number of halogens is 6. The van der Waals surface area contributed by atoms with Gasteiger partial charge in [-0.3, -0.25) is 4.79 Å². The molecule has 0 spiro atoms. The van der Waals surface area contributed by atoms with Gasteiger partial charge >= 0.3 is 12.4 Å². The number of aromatic nitrogens is 3. The molecular formula is C19H17F6N5O. The number of rotatable bonds is 4. The zero-order chi connectivity index (χ0) is 22.6. The monoisotopic (exact) mass is 445 g/mol. The number of fused-ring (bicyclic) bond motifs is 1. The third kappa shape index (κ3) is 4.58. The van der Waals surface area contributed by atoms with Crippen LogP contribution in [-0.4, -0.2) is 32.8 Å². The molecule has 2 atom stereocenters. The van der Waals surface area contributed by atoms with E-state index in [4.69, 9.17) is 5.73 Å². The first-order valence-corrected chi connectivity index (χ1v) is 9.37. The Morgan fingerprint density at radius 3 is 2.19 bits per heavy atom. The van der Waals surface area contributed by atoms with E-state index in [1.54, 1.807) is 0 Å². The molecule has 6 nitrogen and oxygen atoms in total. The maximum Gasteiger partial charge on any atom is 0.416 e. The Morgan fingerprint density at radius 1 is 1.06 bits per heavy atom. The van der Waals surface area contributed by atoms with Crippen LogP contribution in [0.4, 0.5) is 26.3 Å². The molecule has 2 unspecified atom stereocenters. The molecule has 12 heteroatoms. The van der Waals surface area contributed by atoms with E-state index in [9.17, 15) is 31.1 Å². The van der Waals surface area contributed by atoms with Gasteiger partial charge in [0, 0.05) is 29.9 Å². The van der Waals surface area contributed by atoms with Crippen molar-refractivity contribution < 1.29 is 31.1 Å². The van der Waals surface area contributed by atoms with Crippen LogP contribution in [0, 0.1) is 11.8 Å². The summed E-state index contributed by atoms with van der Waals surface area (Å²) >= 11 is 0. The average Bonchev–Trinajstić information content (AvgIpc) is 3.05. The zero-order valence-electron chi connectivity index (χ0n) is 15.8. The lowest BCUT2D eigenvalue weighted by molar-refractivity contribution is -0.143. The Morgan fingerprint density at radius 2 is 1.65 bits per heavy atom. The highest BCUT2D eigenvalue weighted by atomic mass is 19.4. The van der Waals surface area contributed by atoms with Gasteiger partial charge in [0.1, 0.15) is 6.33 Å². The van der Waals surface area contributed by atoms with E-state index in [-0.39, 0.29) is 29.9 Å². The second-order valence-electron chi connectivity index (χ2n) is 7.75. The lowest BCUT2D eigenvalue weighted by Crippen LogP contribution is -2.30. The Balaban J connectivity index is 1.48. The first-order chi connectivity index (χ1) is 14.4. The van der Waals surface area contributed by atoms with Crippen molar-refractivity contribution >= 4 is 12.1 Å². The fourth-order valence-electron chi connectivity index (χ4n) is 4.02. The average molecular weight is 445 g/mol. The highest BCUT2D eigenvalue weighted by Crippen LogP contribution is 2.51. The van der Waals surface area contributed by atoms with E-state index in [1.165, 1.54) is 12.3 Å². The number of alkyl halides is 6. The fourth-order valence-corrected chi connectivity index (χ4v) is 4.02. The quantitative estimate of drug-likeness (QED) is 0.559. The summed E-state index contributed by atoms with van der Waals surface area (Å²) in [4.78, 5) is 15.8. The van der Waals surface area contributed by atoms with Crippen molar-refractivity contribution in [2.24, 2.45) is 17.6 Å². The van der Waals surface area contributed by atoms with Crippen molar-refractivity contribution in [3.05, 3.63) is 41.7 Å². The topological polar surface area (TPSA) is 85.8 Å². The Labute approximate surface area is 172 Å². The predicted octanol–water partition coefficient (Wildman–Crippen LogP) is 3.31. The summed E-state index contributed by atoms with van der Waals surface area (Å²) in [7, 11) is 0. The molecule has 2 aromatic rings. The Kier molecular flexibility index (Phi) is 5.07. The van der Waals surface area contributed by atoms with Crippen molar-refractivity contribution in [2.45, 2.75) is 37.3 Å². The van der Waals surface area contributed by atoms with Crippen LogP contribution >= 0.6 is 0 Å². The molecule has 0 radical (unpaired) electrons. The molecule has 0 saturated heterocycles. The maximum atomic E-state index is 13.0. The second kappa shape index (κ2) is 7.36. The van der Waals surface area contributed by atoms with Crippen molar-refractivity contribution in [1.29, 1.82) is 0 Å². The van der Waals surface area contributed by atoms with E-state index in [1.807, 2.05) is 0 Å². The molecule has 1 aromatic heterocycles. The van der Waals surface area contributed by atoms with Crippen LogP contribution in [0.15, 0.2) is 30.6 Å². The third-order valence-corrected chi connectivity index (χ3v) is 5.52. The van der Waals surface area contributed by atoms with Crippen molar-refractivity contribution in [2.75, 3.05) is 0 Å². The molecule has 166 valence electrons. The van der Waals surface area contributed by atoms with E-state index in [2.05, 4.69) is 15.4 Å². The van der Waals surface area contributed by atoms with Gasteiger partial charge in [-0.05, 0) is 42.9 Å². The summed E-state index contributed by atoms with van der Waals surface area (Å²) in [5.41, 5.74) is 2.47. The molecular weight excluding hydrogens is 428 g/mol. The van der Waals surface area contributed by atoms with Gasteiger partial charge < -0.3 is 11.1 Å². The minimum absolute atomic E-state index is 0.0326. The summed E-state index contributed by atoms with van der Waals surface area (Å²) < 4.78 is 79.1. The highest BCUT2D eigenvalue weighted by molar-refractivity contribution is 5.90. The van der Waals surface area contributed by atoms with E-state index >= 15 is 0 Å². The predicted molar refractivity (Wildman–Crippen MR) is 96.9 cm³/mol. The van der Waals surface area contributed by atoms with Gasteiger partial charge in [0.25, 0.3) is 0 Å². The number of carbonyl (C=O) groups is 1. The molecule has 3 N–H and O–H groups in total. The summed E-state index contributed by atoms with van der Waals surface area (Å²) in [6.07, 6.45) is -4.75. The van der Waals surface area contributed by atoms with Crippen LogP contribution in [0.2, 0.25) is 0 Å². The molecule has 2 aliphatic rings. The Hall–Kier alpha value is -2.89. The number of carbonyl (C=O) groups excluding carboxylic acids is 1. The van der Waals surface area contributed by atoms with Crippen LogP contribution < -0.4 is 11.1 Å². The van der Waals surface area contributed by atoms with E-state index in [0.29, 0.717) is 24.0 Å². The number of nitrogens with one attached hydrogen (secondary N) is 1. The van der Waals surface area contributed by atoms with Gasteiger partial charge in [0.2, 0.25) is 5.91 Å². The van der Waals surface area contributed by atoms with Gasteiger partial charge in [-0.1, -0.05) is 0 Å². The van der Waals surface area contributed by atoms with Gasteiger partial charge in [0.15, 0.2) is 5.82 Å². The molecule has 2 fully saturated rings. The SMILES string of the molecule is NC1CC2C(C1)C2NC(=O)/C=C\n1cnc(-c2cc(C(F)(F)F)cc(C(F)(F)F)c2)n1. The first kappa shape index (κ1) is 21.3. The zero-order valence-corrected chi connectivity index (χ0v) is 15.8. The standard InChI is InChI=1S/C19H17F6N5O/c20-18(21,22)10-3-9(4-11(5-10)19(23,24)25)17-27-8-30(29-17)2-1-15(31)28-16-13-6-12(26)7-14(13)16/h1-5,8,12-14,16H,6-7,26H2,(H,28,31)/b2-1-.